The largest absolute Gasteiger partial charge is 2.00 e. The van der Waals surface area contributed by atoms with Crippen LogP contribution in [0.1, 0.15) is 0 Å². The van der Waals surface area contributed by atoms with Crippen molar-refractivity contribution in [2.75, 3.05) is 0 Å². The number of hydrogen-bond acceptors (Lipinski definition) is 0. The molecule has 2 rings (SSSR count). The molecule has 0 aromatic heterocycles. The van der Waals surface area contributed by atoms with Crippen molar-refractivity contribution in [3.63, 3.8) is 0 Å². The zero-order valence-corrected chi connectivity index (χ0v) is 11.4. The van der Waals surface area contributed by atoms with Crippen molar-refractivity contribution in [3.8, 4) is 0 Å². The topological polar surface area (TPSA) is 0 Å². The summed E-state index contributed by atoms with van der Waals surface area (Å²) in [5.41, 5.74) is 0. The van der Waals surface area contributed by atoms with E-state index in [4.69, 9.17) is 0 Å². The Kier molecular flexibility index (Phi) is 8.32. The van der Waals surface area contributed by atoms with Gasteiger partial charge in [0.2, 0.25) is 0 Å². The molecule has 1 aromatic rings. The summed E-state index contributed by atoms with van der Waals surface area (Å²) in [7, 11) is -10.7. The first kappa shape index (κ1) is 21.1. The van der Waals surface area contributed by atoms with E-state index >= 15 is 0 Å². The van der Waals surface area contributed by atoms with Crippen LogP contribution in [0.3, 0.4) is 0 Å². The van der Waals surface area contributed by atoms with E-state index in [0.29, 0.717) is 0 Å². The first-order chi connectivity index (χ1) is 7.95. The molecule has 5 radical (unpaired) electrons. The molecule has 1 fully saturated rings. The maximum absolute atomic E-state index is 10.7. The standard InChI is InChI=1S/C6H6.C5H5.F6P.Fe/c1-2-4-6-5-3-1;1-2-4-5-3-1;1-7(2,3,4,5)6;/h1-6H;1-5H;;/q;;-1;+2. The van der Waals surface area contributed by atoms with Crippen LogP contribution in [0, 0.1) is 32.1 Å². The van der Waals surface area contributed by atoms with Gasteiger partial charge in [-0.15, -0.1) is 0 Å². The van der Waals surface area contributed by atoms with Gasteiger partial charge < -0.3 is 0 Å². The van der Waals surface area contributed by atoms with Gasteiger partial charge in [-0.2, -0.15) is 0 Å². The molecular formula is C11H11F6FeP+. The van der Waals surface area contributed by atoms with Crippen molar-refractivity contribution in [3.05, 3.63) is 68.5 Å². The Balaban J connectivity index is 0. The Morgan fingerprint density at radius 1 is 0.421 bits per heavy atom. The van der Waals surface area contributed by atoms with Gasteiger partial charge in [-0.05, 0) is 32.1 Å². The van der Waals surface area contributed by atoms with Crippen molar-refractivity contribution < 1.29 is 42.3 Å². The molecule has 0 bridgehead atoms. The summed E-state index contributed by atoms with van der Waals surface area (Å²) in [6, 6.07) is 12.0. The molecule has 19 heavy (non-hydrogen) atoms. The van der Waals surface area contributed by atoms with E-state index < -0.39 is 7.81 Å². The molecular weight excluding hydrogens is 333 g/mol. The Bertz CT molecular complexity index is 273. The van der Waals surface area contributed by atoms with Crippen LogP contribution in [0.15, 0.2) is 36.4 Å². The molecule has 0 aliphatic heterocycles. The summed E-state index contributed by atoms with van der Waals surface area (Å²) >= 11 is 0. The molecule has 1 aliphatic rings. The molecule has 0 unspecified atom stereocenters. The van der Waals surface area contributed by atoms with Gasteiger partial charge in [0.25, 0.3) is 0 Å². The average molecular weight is 344 g/mol. The van der Waals surface area contributed by atoms with Gasteiger partial charge in [-0.25, -0.2) is 0 Å². The number of rotatable bonds is 0. The minimum atomic E-state index is -10.7. The molecule has 0 atom stereocenters. The first-order valence-electron chi connectivity index (χ1n) is 4.68. The first-order valence-corrected chi connectivity index (χ1v) is 6.71. The van der Waals surface area contributed by atoms with E-state index in [2.05, 4.69) is 0 Å². The summed E-state index contributed by atoms with van der Waals surface area (Å²) in [5, 5.41) is 0. The van der Waals surface area contributed by atoms with E-state index in [0.717, 1.165) is 0 Å². The minimum Gasteiger partial charge on any atom is -0.0623 e. The molecule has 0 spiro atoms. The quantitative estimate of drug-likeness (QED) is 0.304. The second-order valence-corrected chi connectivity index (χ2v) is 4.99. The van der Waals surface area contributed by atoms with E-state index in [1.54, 1.807) is 0 Å². The molecule has 1 aromatic carbocycles. The van der Waals surface area contributed by atoms with Gasteiger partial charge in [0.05, 0.1) is 0 Å². The Labute approximate surface area is 119 Å². The zero-order chi connectivity index (χ0) is 14.2. The molecule has 0 nitrogen and oxygen atoms in total. The van der Waals surface area contributed by atoms with Gasteiger partial charge in [-0.3, -0.25) is 0 Å². The fraction of sp³-hybridized carbons (Fsp3) is 0. The van der Waals surface area contributed by atoms with Gasteiger partial charge >= 0.3 is 50.1 Å². The van der Waals surface area contributed by atoms with Crippen molar-refractivity contribution in [1.82, 2.24) is 0 Å². The second-order valence-electron chi connectivity index (χ2n) is 3.08. The van der Waals surface area contributed by atoms with Crippen molar-refractivity contribution in [2.24, 2.45) is 0 Å². The smallest absolute Gasteiger partial charge is 0.0623 e. The summed E-state index contributed by atoms with van der Waals surface area (Å²) in [6.45, 7) is 0. The maximum atomic E-state index is 9.87. The van der Waals surface area contributed by atoms with Crippen LogP contribution in [0.5, 0.6) is 0 Å². The van der Waals surface area contributed by atoms with E-state index in [1.165, 1.54) is 0 Å². The minimum absolute atomic E-state index is 0. The van der Waals surface area contributed by atoms with Crippen molar-refractivity contribution in [2.45, 2.75) is 0 Å². The van der Waals surface area contributed by atoms with E-state index in [1.807, 2.05) is 68.5 Å². The maximum Gasteiger partial charge on any atom is 2.00 e. The van der Waals surface area contributed by atoms with Crippen LogP contribution in [-0.4, -0.2) is 0 Å². The van der Waals surface area contributed by atoms with Crippen molar-refractivity contribution in [1.29, 1.82) is 0 Å². The average Bonchev–Trinajstić information content (AvgIpc) is 2.73. The molecule has 0 amide bonds. The molecule has 8 heteroatoms. The Morgan fingerprint density at radius 2 is 0.526 bits per heavy atom. The van der Waals surface area contributed by atoms with Gasteiger partial charge in [0, 0.05) is 0 Å². The van der Waals surface area contributed by atoms with Gasteiger partial charge in [0.1, 0.15) is 0 Å². The molecule has 1 aliphatic carbocycles. The molecule has 0 heterocycles. The third-order valence-electron chi connectivity index (χ3n) is 1.22. The van der Waals surface area contributed by atoms with Crippen LogP contribution in [0.2, 0.25) is 0 Å². The molecule has 109 valence electrons. The second kappa shape index (κ2) is 7.51. The van der Waals surface area contributed by atoms with Crippen molar-refractivity contribution >= 4 is 7.81 Å². The summed E-state index contributed by atoms with van der Waals surface area (Å²) in [6.07, 6.45) is 10.0. The normalized spacial score (nSPS) is 17.4. The third-order valence-corrected chi connectivity index (χ3v) is 1.22. The van der Waals surface area contributed by atoms with Gasteiger partial charge in [-0.1, -0.05) is 36.4 Å². The fourth-order valence-corrected chi connectivity index (χ4v) is 0.706. The summed E-state index contributed by atoms with van der Waals surface area (Å²) < 4.78 is 59.2. The predicted molar refractivity (Wildman–Crippen MR) is 61.5 cm³/mol. The fourth-order valence-electron chi connectivity index (χ4n) is 0.706. The summed E-state index contributed by atoms with van der Waals surface area (Å²) in [4.78, 5) is 0. The molecule has 0 N–H and O–H groups in total. The number of hydrogen-bond donors (Lipinski definition) is 0. The Hall–Kier alpha value is -0.251. The number of halogens is 6. The molecule has 0 saturated heterocycles. The Morgan fingerprint density at radius 3 is 0.632 bits per heavy atom. The zero-order valence-electron chi connectivity index (χ0n) is 9.42. The van der Waals surface area contributed by atoms with Crippen LogP contribution >= 0.6 is 7.81 Å². The monoisotopic (exact) mass is 344 g/mol. The number of benzene rings is 1. The van der Waals surface area contributed by atoms with Gasteiger partial charge in [0.15, 0.2) is 0 Å². The predicted octanol–water partition coefficient (Wildman–Crippen LogP) is 6.09. The third kappa shape index (κ3) is 38.1. The van der Waals surface area contributed by atoms with E-state index in [9.17, 15) is 25.2 Å². The van der Waals surface area contributed by atoms with Crippen LogP contribution in [0.25, 0.3) is 0 Å². The van der Waals surface area contributed by atoms with Crippen LogP contribution in [-0.2, 0) is 17.1 Å². The molecule has 1 saturated carbocycles. The van der Waals surface area contributed by atoms with Crippen LogP contribution in [0.4, 0.5) is 25.2 Å². The van der Waals surface area contributed by atoms with E-state index in [-0.39, 0.29) is 17.1 Å². The SMILES string of the molecule is F[P-](F)(F)(F)(F)F.[CH]1[CH][CH][CH][CH]1.[Fe+2].c1ccccc1. The van der Waals surface area contributed by atoms with Crippen LogP contribution < -0.4 is 0 Å². The summed E-state index contributed by atoms with van der Waals surface area (Å²) in [5.74, 6) is 0.